The van der Waals surface area contributed by atoms with Crippen molar-refractivity contribution in [1.29, 1.82) is 0 Å². The molecule has 22 heavy (non-hydrogen) atoms. The molecule has 0 bridgehead atoms. The van der Waals surface area contributed by atoms with Gasteiger partial charge in [0.2, 0.25) is 0 Å². The van der Waals surface area contributed by atoms with Crippen LogP contribution >= 0.6 is 0 Å². The van der Waals surface area contributed by atoms with E-state index < -0.39 is 0 Å². The first-order valence-corrected chi connectivity index (χ1v) is 7.60. The molecule has 1 aromatic carbocycles. The highest BCUT2D eigenvalue weighted by Crippen LogP contribution is 2.31. The number of aryl methyl sites for hydroxylation is 3. The highest BCUT2D eigenvalue weighted by Gasteiger charge is 2.32. The summed E-state index contributed by atoms with van der Waals surface area (Å²) in [4.78, 5) is 16.0. The average Bonchev–Trinajstić information content (AvgIpc) is 2.74. The zero-order valence-corrected chi connectivity index (χ0v) is 13.1. The summed E-state index contributed by atoms with van der Waals surface area (Å²) in [5.74, 6) is 3.49. The second kappa shape index (κ2) is 4.80. The lowest BCUT2D eigenvalue weighted by Gasteiger charge is -2.39. The van der Waals surface area contributed by atoms with Crippen molar-refractivity contribution in [1.82, 2.24) is 19.5 Å². The molecule has 1 fully saturated rings. The molecule has 4 rings (SSSR count). The predicted octanol–water partition coefficient (Wildman–Crippen LogP) is 2.58. The Morgan fingerprint density at radius 3 is 2.55 bits per heavy atom. The van der Waals surface area contributed by atoms with Gasteiger partial charge in [-0.2, -0.15) is 0 Å². The van der Waals surface area contributed by atoms with Gasteiger partial charge in [-0.3, -0.25) is 0 Å². The molecule has 1 saturated heterocycles. The minimum absolute atomic E-state index is 0.466. The molecular weight excluding hydrogens is 274 g/mol. The maximum Gasteiger partial charge on any atom is 0.132 e. The van der Waals surface area contributed by atoms with Crippen molar-refractivity contribution in [2.24, 2.45) is 7.05 Å². The predicted molar refractivity (Wildman–Crippen MR) is 87.2 cm³/mol. The third-order valence-corrected chi connectivity index (χ3v) is 4.34. The zero-order chi connectivity index (χ0) is 15.3. The smallest absolute Gasteiger partial charge is 0.132 e. The van der Waals surface area contributed by atoms with Crippen molar-refractivity contribution in [2.45, 2.75) is 19.8 Å². The number of rotatable bonds is 2. The first-order valence-electron chi connectivity index (χ1n) is 7.60. The van der Waals surface area contributed by atoms with Crippen LogP contribution in [-0.4, -0.2) is 32.6 Å². The summed E-state index contributed by atoms with van der Waals surface area (Å²) >= 11 is 0. The molecule has 2 aromatic heterocycles. The Hall–Kier alpha value is -2.43. The molecule has 1 aliphatic heterocycles. The molecule has 3 aromatic rings. The van der Waals surface area contributed by atoms with E-state index in [1.54, 1.807) is 0 Å². The number of nitrogens with zero attached hydrogens (tertiary/aromatic N) is 5. The van der Waals surface area contributed by atoms with Crippen molar-refractivity contribution in [3.63, 3.8) is 0 Å². The van der Waals surface area contributed by atoms with Gasteiger partial charge in [0.25, 0.3) is 0 Å². The van der Waals surface area contributed by atoms with Crippen LogP contribution in [-0.2, 0) is 7.05 Å². The number of hydrogen-bond donors (Lipinski definition) is 0. The van der Waals surface area contributed by atoms with Crippen LogP contribution in [0.25, 0.3) is 11.0 Å². The monoisotopic (exact) mass is 293 g/mol. The number of benzene rings is 1. The number of anilines is 1. The summed E-state index contributed by atoms with van der Waals surface area (Å²) in [6.45, 7) is 5.89. The van der Waals surface area contributed by atoms with E-state index in [1.807, 2.05) is 19.9 Å². The van der Waals surface area contributed by atoms with Crippen LogP contribution < -0.4 is 4.90 Å². The molecule has 3 heterocycles. The quantitative estimate of drug-likeness (QED) is 0.728. The fraction of sp³-hybridized carbons (Fsp3) is 0.353. The molecule has 0 saturated carbocycles. The van der Waals surface area contributed by atoms with E-state index in [9.17, 15) is 0 Å². The number of imidazole rings is 1. The van der Waals surface area contributed by atoms with Crippen LogP contribution in [0.4, 0.5) is 5.82 Å². The van der Waals surface area contributed by atoms with Gasteiger partial charge in [-0.1, -0.05) is 12.1 Å². The maximum absolute atomic E-state index is 4.80. The van der Waals surface area contributed by atoms with E-state index in [0.717, 1.165) is 35.9 Å². The summed E-state index contributed by atoms with van der Waals surface area (Å²) in [5, 5.41) is 0. The van der Waals surface area contributed by atoms with Crippen molar-refractivity contribution < 1.29 is 0 Å². The molecule has 112 valence electrons. The average molecular weight is 293 g/mol. The normalized spacial score (nSPS) is 15.3. The Labute approximate surface area is 129 Å². The van der Waals surface area contributed by atoms with Gasteiger partial charge in [-0.15, -0.1) is 0 Å². The summed E-state index contributed by atoms with van der Waals surface area (Å²) < 4.78 is 2.22. The highest BCUT2D eigenvalue weighted by atomic mass is 15.3. The van der Waals surface area contributed by atoms with Crippen LogP contribution in [0.3, 0.4) is 0 Å². The largest absolute Gasteiger partial charge is 0.355 e. The van der Waals surface area contributed by atoms with Crippen LogP contribution in [0.5, 0.6) is 0 Å². The minimum Gasteiger partial charge on any atom is -0.355 e. The molecule has 0 amide bonds. The maximum atomic E-state index is 4.80. The summed E-state index contributed by atoms with van der Waals surface area (Å²) in [5.41, 5.74) is 3.30. The van der Waals surface area contributed by atoms with Crippen molar-refractivity contribution >= 4 is 16.9 Å². The molecular formula is C17H19N5. The number of fused-ring (bicyclic) bond motifs is 1. The lowest BCUT2D eigenvalue weighted by atomic mass is 9.99. The molecule has 0 unspecified atom stereocenters. The molecule has 1 aliphatic rings. The molecule has 5 heteroatoms. The van der Waals surface area contributed by atoms with Gasteiger partial charge >= 0.3 is 0 Å². The Balaban J connectivity index is 1.58. The van der Waals surface area contributed by atoms with E-state index in [1.165, 1.54) is 11.3 Å². The molecule has 0 aliphatic carbocycles. The van der Waals surface area contributed by atoms with E-state index in [2.05, 4.69) is 50.7 Å². The first-order chi connectivity index (χ1) is 10.6. The van der Waals surface area contributed by atoms with Gasteiger partial charge in [0.05, 0.1) is 17.0 Å². The molecule has 0 atom stereocenters. The Morgan fingerprint density at radius 2 is 1.82 bits per heavy atom. The van der Waals surface area contributed by atoms with Crippen molar-refractivity contribution in [2.75, 3.05) is 18.0 Å². The summed E-state index contributed by atoms with van der Waals surface area (Å²) in [7, 11) is 2.10. The fourth-order valence-corrected chi connectivity index (χ4v) is 3.22. The van der Waals surface area contributed by atoms with E-state index in [0.29, 0.717) is 5.92 Å². The van der Waals surface area contributed by atoms with Crippen molar-refractivity contribution in [3.05, 3.63) is 47.7 Å². The summed E-state index contributed by atoms with van der Waals surface area (Å²) in [6.07, 6.45) is 0. The molecule has 0 N–H and O–H groups in total. The lowest BCUT2D eigenvalue weighted by molar-refractivity contribution is 0.485. The standard InChI is InChI=1S/C17H19N5/c1-11-8-16(19-12(2)18-11)22-9-13(10-22)17-20-14-6-4-5-7-15(14)21(17)3/h4-8,13H,9-10H2,1-3H3. The second-order valence-corrected chi connectivity index (χ2v) is 6.03. The second-order valence-electron chi connectivity index (χ2n) is 6.03. The van der Waals surface area contributed by atoms with E-state index >= 15 is 0 Å². The van der Waals surface area contributed by atoms with Gasteiger partial charge < -0.3 is 9.47 Å². The van der Waals surface area contributed by atoms with Gasteiger partial charge in [0.15, 0.2) is 0 Å². The van der Waals surface area contributed by atoms with Crippen LogP contribution in [0.2, 0.25) is 0 Å². The van der Waals surface area contributed by atoms with Crippen LogP contribution in [0.1, 0.15) is 23.3 Å². The number of para-hydroxylation sites is 2. The molecule has 5 nitrogen and oxygen atoms in total. The van der Waals surface area contributed by atoms with Gasteiger partial charge in [0.1, 0.15) is 17.5 Å². The topological polar surface area (TPSA) is 46.8 Å². The first kappa shape index (κ1) is 13.2. The zero-order valence-electron chi connectivity index (χ0n) is 13.1. The van der Waals surface area contributed by atoms with E-state index in [-0.39, 0.29) is 0 Å². The van der Waals surface area contributed by atoms with E-state index in [4.69, 9.17) is 4.98 Å². The van der Waals surface area contributed by atoms with Crippen LogP contribution in [0, 0.1) is 13.8 Å². The molecule has 0 spiro atoms. The van der Waals surface area contributed by atoms with Crippen LogP contribution in [0.15, 0.2) is 30.3 Å². The number of hydrogen-bond acceptors (Lipinski definition) is 4. The molecule has 0 radical (unpaired) electrons. The number of aromatic nitrogens is 4. The Morgan fingerprint density at radius 1 is 1.05 bits per heavy atom. The summed E-state index contributed by atoms with van der Waals surface area (Å²) in [6, 6.07) is 10.4. The SMILES string of the molecule is Cc1cc(N2CC(c3nc4ccccc4n3C)C2)nc(C)n1. The minimum atomic E-state index is 0.466. The highest BCUT2D eigenvalue weighted by molar-refractivity contribution is 5.76. The third kappa shape index (κ3) is 2.04. The van der Waals surface area contributed by atoms with Gasteiger partial charge in [0, 0.05) is 31.9 Å². The fourth-order valence-electron chi connectivity index (χ4n) is 3.22. The Kier molecular flexibility index (Phi) is 2.89. The lowest BCUT2D eigenvalue weighted by Crippen LogP contribution is -2.46. The third-order valence-electron chi connectivity index (χ3n) is 4.34. The van der Waals surface area contributed by atoms with Crippen molar-refractivity contribution in [3.8, 4) is 0 Å². The van der Waals surface area contributed by atoms with Gasteiger partial charge in [-0.25, -0.2) is 15.0 Å². The van der Waals surface area contributed by atoms with Gasteiger partial charge in [-0.05, 0) is 26.0 Å². The Bertz CT molecular complexity index is 825.